The maximum Gasteiger partial charge on any atom is 0.123 e. The van der Waals surface area contributed by atoms with Gasteiger partial charge in [0.2, 0.25) is 0 Å². The fourth-order valence-corrected chi connectivity index (χ4v) is 3.54. The van der Waals surface area contributed by atoms with E-state index in [1.54, 1.807) is 7.11 Å². The van der Waals surface area contributed by atoms with Gasteiger partial charge in [-0.3, -0.25) is 9.58 Å². The molecule has 0 saturated carbocycles. The lowest BCUT2D eigenvalue weighted by atomic mass is 10.1. The van der Waals surface area contributed by atoms with E-state index in [4.69, 9.17) is 9.47 Å². The van der Waals surface area contributed by atoms with E-state index in [1.807, 2.05) is 18.3 Å². The number of para-hydroxylation sites is 1. The first-order valence-electron chi connectivity index (χ1n) is 9.18. The molecule has 0 N–H and O–H groups in total. The van der Waals surface area contributed by atoms with Crippen molar-refractivity contribution >= 4 is 0 Å². The smallest absolute Gasteiger partial charge is 0.123 e. The van der Waals surface area contributed by atoms with E-state index < -0.39 is 0 Å². The third-order valence-electron chi connectivity index (χ3n) is 4.97. The third kappa shape index (κ3) is 4.41. The van der Waals surface area contributed by atoms with Crippen molar-refractivity contribution in [2.45, 2.75) is 52.4 Å². The second kappa shape index (κ2) is 8.50. The number of rotatable bonds is 8. The molecule has 2 aromatic rings. The quantitative estimate of drug-likeness (QED) is 0.736. The summed E-state index contributed by atoms with van der Waals surface area (Å²) in [4.78, 5) is 2.46. The molecule has 1 aromatic carbocycles. The minimum atomic E-state index is 0.330. The highest BCUT2D eigenvalue weighted by Crippen LogP contribution is 2.23. The summed E-state index contributed by atoms with van der Waals surface area (Å²) in [7, 11) is 1.73. The van der Waals surface area contributed by atoms with E-state index >= 15 is 0 Å². The highest BCUT2D eigenvalue weighted by molar-refractivity contribution is 5.33. The fraction of sp³-hybridized carbons (Fsp3) is 0.550. The molecule has 1 aliphatic rings. The van der Waals surface area contributed by atoms with Crippen molar-refractivity contribution in [3.8, 4) is 5.75 Å². The summed E-state index contributed by atoms with van der Waals surface area (Å²) in [6.45, 7) is 8.74. The van der Waals surface area contributed by atoms with Crippen molar-refractivity contribution in [1.82, 2.24) is 14.7 Å². The summed E-state index contributed by atoms with van der Waals surface area (Å²) in [6.07, 6.45) is 4.65. The largest absolute Gasteiger partial charge is 0.496 e. The first-order chi connectivity index (χ1) is 12.2. The van der Waals surface area contributed by atoms with Gasteiger partial charge in [-0.05, 0) is 32.8 Å². The van der Waals surface area contributed by atoms with E-state index in [2.05, 4.69) is 40.7 Å². The van der Waals surface area contributed by atoms with E-state index in [9.17, 15) is 0 Å². The molecule has 1 atom stereocenters. The third-order valence-corrected chi connectivity index (χ3v) is 4.97. The fourth-order valence-electron chi connectivity index (χ4n) is 3.54. The van der Waals surface area contributed by atoms with Crippen LogP contribution in [0.1, 0.15) is 36.6 Å². The number of aromatic nitrogens is 2. The van der Waals surface area contributed by atoms with Gasteiger partial charge in [-0.2, -0.15) is 5.10 Å². The predicted octanol–water partition coefficient (Wildman–Crippen LogP) is 3.40. The normalized spacial score (nSPS) is 17.4. The lowest BCUT2D eigenvalue weighted by Crippen LogP contribution is -2.31. The Balaban J connectivity index is 1.77. The SMILES string of the molecule is CCn1ncc(CN(Cc2ccccc2OC)CC2CCCO2)c1C. The zero-order chi connectivity index (χ0) is 17.6. The van der Waals surface area contributed by atoms with Crippen molar-refractivity contribution in [3.05, 3.63) is 47.3 Å². The summed E-state index contributed by atoms with van der Waals surface area (Å²) in [5.41, 5.74) is 3.75. The van der Waals surface area contributed by atoms with Gasteiger partial charge in [0.15, 0.2) is 0 Å². The molecule has 5 nitrogen and oxygen atoms in total. The van der Waals surface area contributed by atoms with E-state index in [0.29, 0.717) is 6.10 Å². The molecule has 0 radical (unpaired) electrons. The van der Waals surface area contributed by atoms with Crippen molar-refractivity contribution in [2.75, 3.05) is 20.3 Å². The summed E-state index contributed by atoms with van der Waals surface area (Å²) in [5, 5.41) is 4.49. The van der Waals surface area contributed by atoms with Crippen molar-refractivity contribution < 1.29 is 9.47 Å². The molecule has 1 fully saturated rings. The van der Waals surface area contributed by atoms with Crippen LogP contribution in [0.3, 0.4) is 0 Å². The number of aryl methyl sites for hydroxylation is 1. The first kappa shape index (κ1) is 18.0. The van der Waals surface area contributed by atoms with Crippen LogP contribution in [0, 0.1) is 6.92 Å². The van der Waals surface area contributed by atoms with Gasteiger partial charge in [-0.25, -0.2) is 0 Å². The minimum absolute atomic E-state index is 0.330. The van der Waals surface area contributed by atoms with Crippen LogP contribution in [0.15, 0.2) is 30.5 Å². The Labute approximate surface area is 150 Å². The van der Waals surface area contributed by atoms with Gasteiger partial charge in [0.1, 0.15) is 5.75 Å². The zero-order valence-electron chi connectivity index (χ0n) is 15.6. The van der Waals surface area contributed by atoms with Crippen LogP contribution in [0.2, 0.25) is 0 Å². The summed E-state index contributed by atoms with van der Waals surface area (Å²) < 4.78 is 13.5. The summed E-state index contributed by atoms with van der Waals surface area (Å²) >= 11 is 0. The monoisotopic (exact) mass is 343 g/mol. The standard InChI is InChI=1S/C20H29N3O2/c1-4-23-16(2)18(12-21-23)14-22(15-19-9-7-11-25-19)13-17-8-5-6-10-20(17)24-3/h5-6,8,10,12,19H,4,7,9,11,13-15H2,1-3H3. The van der Waals surface area contributed by atoms with Crippen LogP contribution >= 0.6 is 0 Å². The number of hydrogen-bond acceptors (Lipinski definition) is 4. The average Bonchev–Trinajstić information content (AvgIpc) is 3.26. The highest BCUT2D eigenvalue weighted by Gasteiger charge is 2.21. The topological polar surface area (TPSA) is 39.5 Å². The molecule has 0 aliphatic carbocycles. The Morgan fingerprint density at radius 1 is 1.28 bits per heavy atom. The van der Waals surface area contributed by atoms with Gasteiger partial charge in [-0.1, -0.05) is 18.2 Å². The summed E-state index contributed by atoms with van der Waals surface area (Å²) in [5.74, 6) is 0.945. The van der Waals surface area contributed by atoms with Crippen LogP contribution in [0.5, 0.6) is 5.75 Å². The molecule has 1 unspecified atom stereocenters. The van der Waals surface area contributed by atoms with Crippen molar-refractivity contribution in [2.24, 2.45) is 0 Å². The molecule has 1 aromatic heterocycles. The molecule has 3 rings (SSSR count). The second-order valence-electron chi connectivity index (χ2n) is 6.69. The molecule has 25 heavy (non-hydrogen) atoms. The van der Waals surface area contributed by atoms with Crippen LogP contribution in [0.4, 0.5) is 0 Å². The van der Waals surface area contributed by atoms with E-state index in [0.717, 1.165) is 45.0 Å². The van der Waals surface area contributed by atoms with Crippen LogP contribution in [-0.2, 0) is 24.4 Å². The first-order valence-corrected chi connectivity index (χ1v) is 9.18. The van der Waals surface area contributed by atoms with Gasteiger partial charge in [0, 0.05) is 49.6 Å². The lowest BCUT2D eigenvalue weighted by Gasteiger charge is -2.26. The Morgan fingerprint density at radius 2 is 2.08 bits per heavy atom. The second-order valence-corrected chi connectivity index (χ2v) is 6.69. The van der Waals surface area contributed by atoms with Crippen LogP contribution in [-0.4, -0.2) is 41.0 Å². The number of nitrogens with zero attached hydrogens (tertiary/aromatic N) is 3. The molecule has 136 valence electrons. The number of methoxy groups -OCH3 is 1. The lowest BCUT2D eigenvalue weighted by molar-refractivity contribution is 0.0675. The van der Waals surface area contributed by atoms with E-state index in [1.165, 1.54) is 23.2 Å². The van der Waals surface area contributed by atoms with Gasteiger partial charge < -0.3 is 9.47 Å². The molecular formula is C20H29N3O2. The van der Waals surface area contributed by atoms with Gasteiger partial charge in [0.25, 0.3) is 0 Å². The molecule has 0 spiro atoms. The maximum atomic E-state index is 5.88. The molecule has 1 saturated heterocycles. The van der Waals surface area contributed by atoms with Gasteiger partial charge in [-0.15, -0.1) is 0 Å². The van der Waals surface area contributed by atoms with Crippen LogP contribution in [0.25, 0.3) is 0 Å². The minimum Gasteiger partial charge on any atom is -0.496 e. The number of benzene rings is 1. The Hall–Kier alpha value is -1.85. The van der Waals surface area contributed by atoms with Gasteiger partial charge in [0.05, 0.1) is 19.4 Å². The molecule has 0 amide bonds. The van der Waals surface area contributed by atoms with Crippen molar-refractivity contribution in [1.29, 1.82) is 0 Å². The Bertz CT molecular complexity index is 677. The maximum absolute atomic E-state index is 5.88. The van der Waals surface area contributed by atoms with E-state index in [-0.39, 0.29) is 0 Å². The Kier molecular flexibility index (Phi) is 6.10. The molecule has 5 heteroatoms. The summed E-state index contributed by atoms with van der Waals surface area (Å²) in [6, 6.07) is 8.26. The number of ether oxygens (including phenoxy) is 2. The molecule has 0 bridgehead atoms. The van der Waals surface area contributed by atoms with Gasteiger partial charge >= 0.3 is 0 Å². The van der Waals surface area contributed by atoms with Crippen LogP contribution < -0.4 is 4.74 Å². The average molecular weight is 343 g/mol. The molecule has 2 heterocycles. The zero-order valence-corrected chi connectivity index (χ0v) is 15.6. The highest BCUT2D eigenvalue weighted by atomic mass is 16.5. The Morgan fingerprint density at radius 3 is 2.76 bits per heavy atom. The number of hydrogen-bond donors (Lipinski definition) is 0. The molecular weight excluding hydrogens is 314 g/mol. The predicted molar refractivity (Wildman–Crippen MR) is 98.7 cm³/mol. The molecule has 1 aliphatic heterocycles. The van der Waals surface area contributed by atoms with Crippen molar-refractivity contribution in [3.63, 3.8) is 0 Å².